The number of benzene rings is 1. The molecule has 2 rings (SSSR count). The van der Waals surface area contributed by atoms with Crippen molar-refractivity contribution in [2.24, 2.45) is 0 Å². The van der Waals surface area contributed by atoms with Crippen molar-refractivity contribution in [3.63, 3.8) is 0 Å². The second-order valence-corrected chi connectivity index (χ2v) is 4.32. The van der Waals surface area contributed by atoms with Crippen LogP contribution in [0.25, 0.3) is 17.0 Å². The molecule has 0 aliphatic carbocycles. The number of aliphatic carboxylic acids is 1. The highest BCUT2D eigenvalue weighted by Crippen LogP contribution is 2.28. The lowest BCUT2D eigenvalue weighted by atomic mass is 10.1. The lowest BCUT2D eigenvalue weighted by molar-refractivity contribution is -0.131. The normalized spacial score (nSPS) is 11.1. The number of aryl methyl sites for hydroxylation is 1. The van der Waals surface area contributed by atoms with E-state index < -0.39 is 5.97 Å². The summed E-state index contributed by atoms with van der Waals surface area (Å²) < 4.78 is 0. The number of carbonyl (C=O) groups is 2. The third-order valence-electron chi connectivity index (χ3n) is 2.69. The molecule has 3 N–H and O–H groups in total. The number of carbonyl (C=O) groups excluding carboxylic acids is 1. The summed E-state index contributed by atoms with van der Waals surface area (Å²) in [7, 11) is 0. The number of amides is 1. The molecule has 0 atom stereocenters. The molecular weight excluding hydrogens is 244 g/mol. The number of H-pyrrole nitrogens is 1. The lowest BCUT2D eigenvalue weighted by Crippen LogP contribution is -2.06. The molecule has 2 aromatic rings. The third-order valence-corrected chi connectivity index (χ3v) is 2.69. The van der Waals surface area contributed by atoms with Crippen LogP contribution >= 0.6 is 0 Å². The zero-order valence-corrected chi connectivity index (χ0v) is 10.7. The molecule has 1 amide bonds. The van der Waals surface area contributed by atoms with E-state index in [9.17, 15) is 9.59 Å². The Morgan fingerprint density at radius 2 is 2.11 bits per heavy atom. The zero-order chi connectivity index (χ0) is 14.0. The average Bonchev–Trinajstić information content (AvgIpc) is 2.61. The zero-order valence-electron chi connectivity index (χ0n) is 10.7. The molecule has 0 fully saturated rings. The maximum absolute atomic E-state index is 11.2. The maximum Gasteiger partial charge on any atom is 0.328 e. The van der Waals surface area contributed by atoms with Crippen molar-refractivity contribution in [1.82, 2.24) is 4.98 Å². The summed E-state index contributed by atoms with van der Waals surface area (Å²) in [6, 6.07) is 5.78. The van der Waals surface area contributed by atoms with Gasteiger partial charge in [0.25, 0.3) is 0 Å². The summed E-state index contributed by atoms with van der Waals surface area (Å²) in [5, 5.41) is 12.3. The first-order valence-corrected chi connectivity index (χ1v) is 5.78. The van der Waals surface area contributed by atoms with Crippen LogP contribution in [-0.2, 0) is 9.59 Å². The van der Waals surface area contributed by atoms with Crippen LogP contribution in [0.3, 0.4) is 0 Å². The highest BCUT2D eigenvalue weighted by molar-refractivity contribution is 6.02. The number of rotatable bonds is 3. The molecule has 5 heteroatoms. The van der Waals surface area contributed by atoms with Crippen LogP contribution in [0.5, 0.6) is 0 Å². The second-order valence-electron chi connectivity index (χ2n) is 4.32. The van der Waals surface area contributed by atoms with Gasteiger partial charge in [0, 0.05) is 29.5 Å². The molecule has 0 saturated carbocycles. The van der Waals surface area contributed by atoms with Crippen LogP contribution in [0.1, 0.15) is 18.1 Å². The minimum absolute atomic E-state index is 0.215. The van der Waals surface area contributed by atoms with Crippen molar-refractivity contribution in [2.45, 2.75) is 13.8 Å². The summed E-state index contributed by atoms with van der Waals surface area (Å²) >= 11 is 0. The Hall–Kier alpha value is -2.56. The van der Waals surface area contributed by atoms with E-state index in [1.807, 2.05) is 25.1 Å². The SMILES string of the molecule is CC(=O)Nc1[nH]c2cc(C)ccc2c1C=CC(=O)O. The van der Waals surface area contributed by atoms with Gasteiger partial charge in [0.05, 0.1) is 0 Å². The van der Waals surface area contributed by atoms with Crippen molar-refractivity contribution in [2.75, 3.05) is 5.32 Å². The summed E-state index contributed by atoms with van der Waals surface area (Å²) in [4.78, 5) is 24.9. The van der Waals surface area contributed by atoms with Gasteiger partial charge < -0.3 is 15.4 Å². The van der Waals surface area contributed by atoms with E-state index in [4.69, 9.17) is 5.11 Å². The van der Waals surface area contributed by atoms with Gasteiger partial charge in [0.1, 0.15) is 5.82 Å². The van der Waals surface area contributed by atoms with E-state index in [0.29, 0.717) is 11.4 Å². The number of aromatic nitrogens is 1. The molecule has 0 bridgehead atoms. The number of carboxylic acids is 1. The number of carboxylic acid groups (broad SMARTS) is 1. The number of hydrogen-bond donors (Lipinski definition) is 3. The Bertz CT molecular complexity index is 683. The molecule has 98 valence electrons. The molecule has 5 nitrogen and oxygen atoms in total. The highest BCUT2D eigenvalue weighted by atomic mass is 16.4. The molecule has 1 aromatic carbocycles. The fraction of sp³-hybridized carbons (Fsp3) is 0.143. The molecule has 0 aliphatic rings. The van der Waals surface area contributed by atoms with Crippen LogP contribution in [0.15, 0.2) is 24.3 Å². The Kier molecular flexibility index (Phi) is 3.37. The van der Waals surface area contributed by atoms with E-state index in [1.165, 1.54) is 13.0 Å². The average molecular weight is 258 g/mol. The first-order valence-electron chi connectivity index (χ1n) is 5.78. The van der Waals surface area contributed by atoms with Crippen molar-refractivity contribution < 1.29 is 14.7 Å². The summed E-state index contributed by atoms with van der Waals surface area (Å²) in [6.07, 6.45) is 2.52. The van der Waals surface area contributed by atoms with Gasteiger partial charge in [-0.25, -0.2) is 4.79 Å². The van der Waals surface area contributed by atoms with E-state index in [1.54, 1.807) is 0 Å². The Morgan fingerprint density at radius 1 is 1.37 bits per heavy atom. The largest absolute Gasteiger partial charge is 0.478 e. The van der Waals surface area contributed by atoms with Gasteiger partial charge in [-0.15, -0.1) is 0 Å². The van der Waals surface area contributed by atoms with E-state index >= 15 is 0 Å². The Balaban J connectivity index is 2.60. The number of hydrogen-bond acceptors (Lipinski definition) is 2. The summed E-state index contributed by atoms with van der Waals surface area (Å²) in [5.41, 5.74) is 2.60. The smallest absolute Gasteiger partial charge is 0.328 e. The van der Waals surface area contributed by atoms with Crippen LogP contribution in [-0.4, -0.2) is 22.0 Å². The molecule has 1 aromatic heterocycles. The Labute approximate surface area is 109 Å². The maximum atomic E-state index is 11.2. The molecule has 0 radical (unpaired) electrons. The highest BCUT2D eigenvalue weighted by Gasteiger charge is 2.10. The molecule has 0 unspecified atom stereocenters. The van der Waals surface area contributed by atoms with Crippen LogP contribution in [0, 0.1) is 6.92 Å². The van der Waals surface area contributed by atoms with E-state index in [2.05, 4.69) is 10.3 Å². The first kappa shape index (κ1) is 12.9. The van der Waals surface area contributed by atoms with Crippen molar-refractivity contribution >= 4 is 34.7 Å². The third kappa shape index (κ3) is 2.82. The number of nitrogens with one attached hydrogen (secondary N) is 2. The lowest BCUT2D eigenvalue weighted by Gasteiger charge is -2.00. The number of aromatic amines is 1. The molecule has 0 spiro atoms. The number of anilines is 1. The van der Waals surface area contributed by atoms with E-state index in [-0.39, 0.29) is 5.91 Å². The van der Waals surface area contributed by atoms with Gasteiger partial charge in [-0.3, -0.25) is 4.79 Å². The van der Waals surface area contributed by atoms with Gasteiger partial charge in [0.15, 0.2) is 0 Å². The van der Waals surface area contributed by atoms with Crippen molar-refractivity contribution in [1.29, 1.82) is 0 Å². The predicted octanol–water partition coefficient (Wildman–Crippen LogP) is 2.53. The van der Waals surface area contributed by atoms with Gasteiger partial charge in [-0.05, 0) is 24.6 Å². The molecule has 0 saturated heterocycles. The van der Waals surface area contributed by atoms with E-state index in [0.717, 1.165) is 22.5 Å². The molecular formula is C14H14N2O3. The quantitative estimate of drug-likeness (QED) is 0.740. The minimum atomic E-state index is -1.03. The van der Waals surface area contributed by atoms with Gasteiger partial charge >= 0.3 is 5.97 Å². The molecule has 0 aliphatic heterocycles. The molecule has 1 heterocycles. The fourth-order valence-electron chi connectivity index (χ4n) is 1.94. The van der Waals surface area contributed by atoms with Crippen LogP contribution in [0.4, 0.5) is 5.82 Å². The minimum Gasteiger partial charge on any atom is -0.478 e. The summed E-state index contributed by atoms with van der Waals surface area (Å²) in [5.74, 6) is -0.742. The Morgan fingerprint density at radius 3 is 2.74 bits per heavy atom. The molecule has 19 heavy (non-hydrogen) atoms. The van der Waals surface area contributed by atoms with Gasteiger partial charge in [0.2, 0.25) is 5.91 Å². The monoisotopic (exact) mass is 258 g/mol. The second kappa shape index (κ2) is 4.97. The number of fused-ring (bicyclic) bond motifs is 1. The van der Waals surface area contributed by atoms with Crippen molar-refractivity contribution in [3.8, 4) is 0 Å². The van der Waals surface area contributed by atoms with Gasteiger partial charge in [-0.2, -0.15) is 0 Å². The van der Waals surface area contributed by atoms with Crippen molar-refractivity contribution in [3.05, 3.63) is 35.4 Å². The topological polar surface area (TPSA) is 82.2 Å². The van der Waals surface area contributed by atoms with Crippen LogP contribution < -0.4 is 5.32 Å². The summed E-state index contributed by atoms with van der Waals surface area (Å²) in [6.45, 7) is 3.37. The fourth-order valence-corrected chi connectivity index (χ4v) is 1.94. The first-order chi connectivity index (χ1) is 8.97. The standard InChI is InChI=1S/C14H14N2O3/c1-8-3-4-10-11(5-6-13(18)19)14(15-9(2)17)16-12(10)7-8/h3-7,16H,1-2H3,(H,15,17)(H,18,19). The predicted molar refractivity (Wildman–Crippen MR) is 74.0 cm³/mol. The van der Waals surface area contributed by atoms with Crippen LogP contribution in [0.2, 0.25) is 0 Å². The van der Waals surface area contributed by atoms with Gasteiger partial charge in [-0.1, -0.05) is 12.1 Å².